The van der Waals surface area contributed by atoms with Crippen LogP contribution in [0.4, 0.5) is 0 Å². The van der Waals surface area contributed by atoms with Gasteiger partial charge in [-0.3, -0.25) is 9.69 Å². The molecule has 0 spiro atoms. The van der Waals surface area contributed by atoms with Gasteiger partial charge in [0.15, 0.2) is 6.29 Å². The largest absolute Gasteiger partial charge is 0.480 e. The van der Waals surface area contributed by atoms with Gasteiger partial charge in [0.25, 0.3) is 0 Å². The fourth-order valence-electron chi connectivity index (χ4n) is 2.53. The number of rotatable bonds is 8. The van der Waals surface area contributed by atoms with Crippen molar-refractivity contribution in [1.82, 2.24) is 4.90 Å². The fourth-order valence-corrected chi connectivity index (χ4v) is 2.53. The molecule has 2 rings (SSSR count). The molecule has 0 saturated carbocycles. The third-order valence-corrected chi connectivity index (χ3v) is 3.59. The highest BCUT2D eigenvalue weighted by Crippen LogP contribution is 2.16. The molecule has 0 atom stereocenters. The van der Waals surface area contributed by atoms with E-state index in [9.17, 15) is 19.8 Å². The van der Waals surface area contributed by atoms with Crippen LogP contribution >= 0.6 is 0 Å². The van der Waals surface area contributed by atoms with Crippen LogP contribution in [0.2, 0.25) is 0 Å². The zero-order chi connectivity index (χ0) is 18.4. The molecular formula is C18H19NO6. The smallest absolute Gasteiger partial charge is 0.335 e. The second-order valence-corrected chi connectivity index (χ2v) is 5.66. The molecule has 2 aromatic rings. The van der Waals surface area contributed by atoms with Crippen molar-refractivity contribution in [2.75, 3.05) is 6.54 Å². The lowest BCUT2D eigenvalue weighted by Gasteiger charge is -2.21. The summed E-state index contributed by atoms with van der Waals surface area (Å²) in [6.07, 6.45) is -1.60. The normalized spacial score (nSPS) is 11.0. The summed E-state index contributed by atoms with van der Waals surface area (Å²) in [6, 6.07) is 12.9. The minimum Gasteiger partial charge on any atom is -0.480 e. The number of benzene rings is 2. The molecule has 0 heterocycles. The maximum absolute atomic E-state index is 11.1. The summed E-state index contributed by atoms with van der Waals surface area (Å²) in [4.78, 5) is 23.8. The summed E-state index contributed by atoms with van der Waals surface area (Å²) < 4.78 is 0. The van der Waals surface area contributed by atoms with Gasteiger partial charge in [-0.2, -0.15) is 0 Å². The van der Waals surface area contributed by atoms with Crippen molar-refractivity contribution < 1.29 is 30.0 Å². The second-order valence-electron chi connectivity index (χ2n) is 5.66. The predicted molar refractivity (Wildman–Crippen MR) is 88.8 cm³/mol. The van der Waals surface area contributed by atoms with E-state index in [1.165, 1.54) is 12.1 Å². The first-order valence-electron chi connectivity index (χ1n) is 7.56. The lowest BCUT2D eigenvalue weighted by atomic mass is 10.1. The molecule has 0 saturated heterocycles. The summed E-state index contributed by atoms with van der Waals surface area (Å²) in [6.45, 7) is 0.284. The number of carboxylic acids is 2. The van der Waals surface area contributed by atoms with E-state index in [1.54, 1.807) is 41.3 Å². The molecule has 0 radical (unpaired) electrons. The van der Waals surface area contributed by atoms with E-state index in [2.05, 4.69) is 0 Å². The number of hydrogen-bond acceptors (Lipinski definition) is 5. The highest BCUT2D eigenvalue weighted by atomic mass is 16.5. The van der Waals surface area contributed by atoms with Crippen molar-refractivity contribution >= 4 is 11.9 Å². The molecule has 25 heavy (non-hydrogen) atoms. The molecule has 7 nitrogen and oxygen atoms in total. The Labute approximate surface area is 144 Å². The highest BCUT2D eigenvalue weighted by Gasteiger charge is 2.13. The first-order valence-corrected chi connectivity index (χ1v) is 7.56. The third-order valence-electron chi connectivity index (χ3n) is 3.59. The minimum atomic E-state index is -1.60. The first-order chi connectivity index (χ1) is 11.8. The summed E-state index contributed by atoms with van der Waals surface area (Å²) in [5.74, 6) is -2.05. The highest BCUT2D eigenvalue weighted by molar-refractivity contribution is 5.87. The van der Waals surface area contributed by atoms with Crippen LogP contribution in [0.5, 0.6) is 0 Å². The van der Waals surface area contributed by atoms with Crippen LogP contribution in [0.1, 0.15) is 33.3 Å². The van der Waals surface area contributed by atoms with Crippen molar-refractivity contribution in [2.24, 2.45) is 0 Å². The number of nitrogens with zero attached hydrogens (tertiary/aromatic N) is 1. The Bertz CT molecular complexity index is 759. The van der Waals surface area contributed by atoms with E-state index in [0.717, 1.165) is 5.56 Å². The number of aliphatic carboxylic acids is 1. The molecule has 0 aliphatic carbocycles. The topological polar surface area (TPSA) is 118 Å². The number of hydrogen-bond donors (Lipinski definition) is 4. The lowest BCUT2D eigenvalue weighted by Crippen LogP contribution is -2.29. The molecule has 0 fully saturated rings. The summed E-state index contributed by atoms with van der Waals surface area (Å²) >= 11 is 0. The van der Waals surface area contributed by atoms with Crippen LogP contribution in [0, 0.1) is 0 Å². The summed E-state index contributed by atoms with van der Waals surface area (Å²) in [5.41, 5.74) is 1.86. The Hall–Kier alpha value is -2.74. The summed E-state index contributed by atoms with van der Waals surface area (Å²) in [5, 5.41) is 36.6. The van der Waals surface area contributed by atoms with E-state index in [4.69, 9.17) is 10.2 Å². The second kappa shape index (κ2) is 8.39. The Morgan fingerprint density at radius 3 is 2.08 bits per heavy atom. The van der Waals surface area contributed by atoms with Crippen molar-refractivity contribution in [2.45, 2.75) is 19.4 Å². The quantitative estimate of drug-likeness (QED) is 0.535. The lowest BCUT2D eigenvalue weighted by molar-refractivity contribution is -0.138. The van der Waals surface area contributed by atoms with Crippen molar-refractivity contribution in [3.8, 4) is 0 Å². The zero-order valence-corrected chi connectivity index (χ0v) is 13.4. The van der Waals surface area contributed by atoms with Crippen molar-refractivity contribution in [3.63, 3.8) is 0 Å². The van der Waals surface area contributed by atoms with Gasteiger partial charge in [0.2, 0.25) is 0 Å². The van der Waals surface area contributed by atoms with Gasteiger partial charge < -0.3 is 20.4 Å². The van der Waals surface area contributed by atoms with Crippen molar-refractivity contribution in [1.29, 1.82) is 0 Å². The Morgan fingerprint density at radius 2 is 1.52 bits per heavy atom. The minimum absolute atomic E-state index is 0.137. The molecule has 0 bridgehead atoms. The van der Waals surface area contributed by atoms with E-state index >= 15 is 0 Å². The van der Waals surface area contributed by atoms with Gasteiger partial charge in [0.1, 0.15) is 0 Å². The molecule has 0 aliphatic heterocycles. The maximum atomic E-state index is 11.1. The van der Waals surface area contributed by atoms with Gasteiger partial charge in [-0.15, -0.1) is 0 Å². The van der Waals surface area contributed by atoms with Crippen LogP contribution in [0.3, 0.4) is 0 Å². The van der Waals surface area contributed by atoms with Crippen LogP contribution < -0.4 is 0 Å². The van der Waals surface area contributed by atoms with Crippen molar-refractivity contribution in [3.05, 3.63) is 70.8 Å². The molecule has 0 aromatic heterocycles. The van der Waals surface area contributed by atoms with Gasteiger partial charge in [0, 0.05) is 18.7 Å². The van der Waals surface area contributed by atoms with E-state index in [0.29, 0.717) is 11.1 Å². The monoisotopic (exact) mass is 345 g/mol. The van der Waals surface area contributed by atoms with E-state index < -0.39 is 18.2 Å². The first kappa shape index (κ1) is 18.6. The van der Waals surface area contributed by atoms with Gasteiger partial charge in [-0.1, -0.05) is 30.3 Å². The number of aliphatic hydroxyl groups excluding tert-OH is 1. The van der Waals surface area contributed by atoms with Gasteiger partial charge in [0.05, 0.1) is 12.1 Å². The third kappa shape index (κ3) is 5.68. The summed E-state index contributed by atoms with van der Waals surface area (Å²) in [7, 11) is 0. The van der Waals surface area contributed by atoms with Gasteiger partial charge in [-0.05, 0) is 29.3 Å². The van der Waals surface area contributed by atoms with Gasteiger partial charge >= 0.3 is 11.9 Å². The number of aliphatic hydroxyl groups is 2. The average Bonchev–Trinajstić information content (AvgIpc) is 2.54. The Morgan fingerprint density at radius 1 is 0.920 bits per heavy atom. The number of aromatic carboxylic acids is 1. The van der Waals surface area contributed by atoms with Gasteiger partial charge in [-0.25, -0.2) is 4.79 Å². The molecule has 132 valence electrons. The van der Waals surface area contributed by atoms with E-state index in [-0.39, 0.29) is 25.2 Å². The Balaban J connectivity index is 2.19. The molecular weight excluding hydrogens is 326 g/mol. The average molecular weight is 345 g/mol. The van der Waals surface area contributed by atoms with E-state index in [1.807, 2.05) is 0 Å². The molecule has 0 aliphatic rings. The maximum Gasteiger partial charge on any atom is 0.335 e. The molecule has 2 aromatic carbocycles. The van der Waals surface area contributed by atoms with Crippen LogP contribution in [0.25, 0.3) is 0 Å². The SMILES string of the molecule is O=C(O)CN(Cc1cccc(C(=O)O)c1)Cc1cccc(C(O)O)c1. The molecule has 0 unspecified atom stereocenters. The Kier molecular flexibility index (Phi) is 6.24. The van der Waals surface area contributed by atoms with Crippen LogP contribution in [-0.2, 0) is 17.9 Å². The zero-order valence-electron chi connectivity index (χ0n) is 13.4. The number of carboxylic acid groups (broad SMARTS) is 2. The standard InChI is InChI=1S/C18H19NO6/c20-16(21)11-19(9-12-3-1-5-14(7-12)17(22)23)10-13-4-2-6-15(8-13)18(24)25/h1-8,17,22-23H,9-11H2,(H,20,21)(H,24,25). The fraction of sp³-hybridized carbons (Fsp3) is 0.222. The number of carbonyl (C=O) groups is 2. The molecule has 0 amide bonds. The predicted octanol–water partition coefficient (Wildman–Crippen LogP) is 1.45. The van der Waals surface area contributed by atoms with Crippen LogP contribution in [0.15, 0.2) is 48.5 Å². The molecule has 4 N–H and O–H groups in total. The molecule has 7 heteroatoms. The van der Waals surface area contributed by atoms with Crippen LogP contribution in [-0.4, -0.2) is 43.8 Å².